The summed E-state index contributed by atoms with van der Waals surface area (Å²) in [6.07, 6.45) is -1.56. The predicted octanol–water partition coefficient (Wildman–Crippen LogP) is 4.41. The molecule has 0 spiro atoms. The summed E-state index contributed by atoms with van der Waals surface area (Å²) in [6.45, 7) is 0.487. The number of carboxylic acid groups (broad SMARTS) is 1. The lowest BCUT2D eigenvalue weighted by Crippen LogP contribution is -2.56. The monoisotopic (exact) mass is 598 g/mol. The molecule has 10 heteroatoms. The molecule has 1 N–H and O–H groups in total. The molecule has 0 radical (unpaired) electrons. The highest BCUT2D eigenvalue weighted by Crippen LogP contribution is 2.46. The summed E-state index contributed by atoms with van der Waals surface area (Å²) in [5.41, 5.74) is 1.71. The van der Waals surface area contributed by atoms with Gasteiger partial charge in [0.05, 0.1) is 5.56 Å². The second-order valence-electron chi connectivity index (χ2n) is 8.79. The minimum Gasteiger partial charge on any atom is -0.478 e. The molecule has 2 unspecified atom stereocenters. The molecule has 6 nitrogen and oxygen atoms in total. The Kier molecular flexibility index (Phi) is 7.20. The van der Waals surface area contributed by atoms with Crippen LogP contribution in [0, 0.1) is 9.49 Å². The minimum absolute atomic E-state index is 0.0476. The molecule has 2 amide bonds. The van der Waals surface area contributed by atoms with E-state index in [4.69, 9.17) is 5.11 Å². The highest BCUT2D eigenvalue weighted by Gasteiger charge is 2.52. The van der Waals surface area contributed by atoms with E-state index in [2.05, 4.69) is 22.6 Å². The minimum atomic E-state index is -4.95. The summed E-state index contributed by atoms with van der Waals surface area (Å²) < 4.78 is 40.9. The first-order valence-electron chi connectivity index (χ1n) is 11.0. The fourth-order valence-electron chi connectivity index (χ4n) is 4.28. The number of amides is 2. The first-order chi connectivity index (χ1) is 16.5. The number of aromatic carboxylic acids is 1. The molecule has 184 valence electrons. The number of hydrogen-bond acceptors (Lipinski definition) is 3. The number of alkyl halides is 3. The van der Waals surface area contributed by atoms with Crippen LogP contribution >= 0.6 is 22.6 Å². The molecule has 0 bridgehead atoms. The molecule has 1 heterocycles. The Balaban J connectivity index is 1.34. The summed E-state index contributed by atoms with van der Waals surface area (Å²) in [7, 11) is 0. The van der Waals surface area contributed by atoms with E-state index in [1.165, 1.54) is 23.1 Å². The molecule has 2 aromatic carbocycles. The maximum Gasteiger partial charge on any atom is 0.471 e. The normalized spacial score (nSPS) is 19.9. The lowest BCUT2D eigenvalue weighted by Gasteiger charge is -2.41. The average Bonchev–Trinajstić information content (AvgIpc) is 3.57. The molecule has 2 atom stereocenters. The van der Waals surface area contributed by atoms with E-state index >= 15 is 0 Å². The summed E-state index contributed by atoms with van der Waals surface area (Å²) in [6, 6.07) is 13.1. The Morgan fingerprint density at radius 2 is 1.69 bits per heavy atom. The van der Waals surface area contributed by atoms with Crippen LogP contribution in [0.5, 0.6) is 0 Å². The van der Waals surface area contributed by atoms with Crippen LogP contribution in [0.4, 0.5) is 13.2 Å². The van der Waals surface area contributed by atoms with Crippen LogP contribution in [-0.4, -0.2) is 64.5 Å². The number of hydrogen-bond donors (Lipinski definition) is 1. The van der Waals surface area contributed by atoms with Crippen LogP contribution in [0.15, 0.2) is 54.6 Å². The number of carbonyl (C=O) groups excluding carboxylic acids is 2. The van der Waals surface area contributed by atoms with Gasteiger partial charge in [0.15, 0.2) is 0 Å². The van der Waals surface area contributed by atoms with Crippen LogP contribution in [0.3, 0.4) is 0 Å². The molecule has 2 fully saturated rings. The molecule has 4 rings (SSSR count). The Labute approximate surface area is 213 Å². The molecule has 0 aromatic heterocycles. The van der Waals surface area contributed by atoms with E-state index in [0.29, 0.717) is 12.0 Å². The zero-order valence-corrected chi connectivity index (χ0v) is 20.6. The first-order valence-corrected chi connectivity index (χ1v) is 12.0. The van der Waals surface area contributed by atoms with Crippen LogP contribution in [-0.2, 0) is 9.59 Å². The van der Waals surface area contributed by atoms with Crippen molar-refractivity contribution in [3.63, 3.8) is 0 Å². The predicted molar refractivity (Wildman–Crippen MR) is 131 cm³/mol. The third-order valence-electron chi connectivity index (χ3n) is 6.26. The van der Waals surface area contributed by atoms with Gasteiger partial charge >= 0.3 is 18.1 Å². The fourth-order valence-corrected chi connectivity index (χ4v) is 4.64. The number of halogens is 4. The van der Waals surface area contributed by atoms with Gasteiger partial charge < -0.3 is 14.9 Å². The van der Waals surface area contributed by atoms with Crippen LogP contribution in [0.25, 0.3) is 6.08 Å². The standard InChI is InChI=1S/C25H22F3IN2O4/c26-25(27,28)24(35)31(21-11-20(21)17-6-8-19(29)9-7-17)14-16-12-30(13-16)22(32)10-3-15-1-4-18(5-2-15)23(33)34/h1-10,16,20-21H,11-14H2,(H,33,34)/b10-3+. The number of nitrogens with zero attached hydrogens (tertiary/aromatic N) is 2. The summed E-state index contributed by atoms with van der Waals surface area (Å²) >= 11 is 2.16. The maximum atomic E-state index is 13.3. The van der Waals surface area contributed by atoms with Crippen molar-refractivity contribution in [2.75, 3.05) is 19.6 Å². The third kappa shape index (κ3) is 6.03. The average molecular weight is 598 g/mol. The SMILES string of the molecule is O=C(O)c1ccc(/C=C/C(=O)N2CC(CN(C(=O)C(F)(F)F)C3CC3c3ccc(I)cc3)C2)cc1. The quantitative estimate of drug-likeness (QED) is 0.379. The van der Waals surface area contributed by atoms with Gasteiger partial charge in [-0.15, -0.1) is 0 Å². The van der Waals surface area contributed by atoms with E-state index in [1.54, 1.807) is 18.2 Å². The van der Waals surface area contributed by atoms with Crippen molar-refractivity contribution in [1.29, 1.82) is 0 Å². The van der Waals surface area contributed by atoms with Gasteiger partial charge in [0.1, 0.15) is 0 Å². The first kappa shape index (κ1) is 25.2. The Morgan fingerprint density at radius 3 is 2.26 bits per heavy atom. The Bertz CT molecular complexity index is 1140. The highest BCUT2D eigenvalue weighted by molar-refractivity contribution is 14.1. The number of carboxylic acids is 1. The van der Waals surface area contributed by atoms with Crippen molar-refractivity contribution in [3.05, 3.63) is 74.9 Å². The molecule has 35 heavy (non-hydrogen) atoms. The summed E-state index contributed by atoms with van der Waals surface area (Å²) in [4.78, 5) is 37.9. The van der Waals surface area contributed by atoms with Crippen molar-refractivity contribution >= 4 is 46.5 Å². The van der Waals surface area contributed by atoms with E-state index < -0.39 is 24.1 Å². The van der Waals surface area contributed by atoms with E-state index in [1.807, 2.05) is 24.3 Å². The molecular weight excluding hydrogens is 576 g/mol. The second kappa shape index (κ2) is 10.00. The number of likely N-dealkylation sites (tertiary alicyclic amines) is 1. The molecule has 2 aliphatic rings. The zero-order valence-electron chi connectivity index (χ0n) is 18.4. The molecule has 1 saturated heterocycles. The van der Waals surface area contributed by atoms with Gasteiger partial charge in [0.2, 0.25) is 5.91 Å². The van der Waals surface area contributed by atoms with Gasteiger partial charge in [-0.2, -0.15) is 13.2 Å². The number of rotatable bonds is 7. The molecule has 1 aliphatic carbocycles. The maximum absolute atomic E-state index is 13.3. The lowest BCUT2D eigenvalue weighted by atomic mass is 9.98. The lowest BCUT2D eigenvalue weighted by molar-refractivity contribution is -0.187. The molecule has 1 saturated carbocycles. The summed E-state index contributed by atoms with van der Waals surface area (Å²) in [5, 5.41) is 8.93. The van der Waals surface area contributed by atoms with Gasteiger partial charge in [0, 0.05) is 47.2 Å². The van der Waals surface area contributed by atoms with Gasteiger partial charge in [-0.05, 0) is 70.5 Å². The number of benzene rings is 2. The molecule has 2 aromatic rings. The smallest absolute Gasteiger partial charge is 0.471 e. The highest BCUT2D eigenvalue weighted by atomic mass is 127. The molecular formula is C25H22F3IN2O4. The Morgan fingerprint density at radius 1 is 1.06 bits per heavy atom. The number of carbonyl (C=O) groups is 3. The van der Waals surface area contributed by atoms with Gasteiger partial charge in [-0.25, -0.2) is 4.79 Å². The fraction of sp³-hybridized carbons (Fsp3) is 0.320. The van der Waals surface area contributed by atoms with Gasteiger partial charge in [0.25, 0.3) is 0 Å². The summed E-state index contributed by atoms with van der Waals surface area (Å²) in [5.74, 6) is -3.51. The van der Waals surface area contributed by atoms with E-state index in [9.17, 15) is 27.6 Å². The Hall–Kier alpha value is -2.89. The van der Waals surface area contributed by atoms with Crippen molar-refractivity contribution in [1.82, 2.24) is 9.80 Å². The van der Waals surface area contributed by atoms with Crippen LogP contribution in [0.2, 0.25) is 0 Å². The zero-order chi connectivity index (χ0) is 25.3. The van der Waals surface area contributed by atoms with E-state index in [-0.39, 0.29) is 42.9 Å². The third-order valence-corrected chi connectivity index (χ3v) is 6.98. The largest absolute Gasteiger partial charge is 0.478 e. The second-order valence-corrected chi connectivity index (χ2v) is 10.0. The van der Waals surface area contributed by atoms with Gasteiger partial charge in [-0.3, -0.25) is 9.59 Å². The van der Waals surface area contributed by atoms with Crippen molar-refractivity contribution < 1.29 is 32.7 Å². The van der Waals surface area contributed by atoms with Crippen LogP contribution < -0.4 is 0 Å². The van der Waals surface area contributed by atoms with E-state index in [0.717, 1.165) is 14.0 Å². The van der Waals surface area contributed by atoms with Crippen molar-refractivity contribution in [2.45, 2.75) is 24.6 Å². The topological polar surface area (TPSA) is 77.9 Å². The van der Waals surface area contributed by atoms with Crippen molar-refractivity contribution in [3.8, 4) is 0 Å². The van der Waals surface area contributed by atoms with Crippen molar-refractivity contribution in [2.24, 2.45) is 5.92 Å². The van der Waals surface area contributed by atoms with Crippen LogP contribution in [0.1, 0.15) is 33.8 Å². The van der Waals surface area contributed by atoms with Gasteiger partial charge in [-0.1, -0.05) is 24.3 Å². The molecule has 1 aliphatic heterocycles.